The fraction of sp³-hybridized carbons (Fsp3) is 0.0909. The number of methoxy groups -OCH3 is 1. The molecule has 10 heteroatoms. The Hall–Kier alpha value is -2.99. The van der Waals surface area contributed by atoms with E-state index in [0.717, 1.165) is 9.65 Å². The number of benzene rings is 3. The highest BCUT2D eigenvalue weighted by Crippen LogP contribution is 2.33. The van der Waals surface area contributed by atoms with Gasteiger partial charge in [0.05, 0.1) is 40.7 Å². The van der Waals surface area contributed by atoms with Gasteiger partial charge in [-0.25, -0.2) is 9.18 Å². The van der Waals surface area contributed by atoms with Gasteiger partial charge in [0.25, 0.3) is 10.0 Å². The lowest BCUT2D eigenvalue weighted by Gasteiger charge is -2.14. The Morgan fingerprint density at radius 2 is 1.84 bits per heavy atom. The van der Waals surface area contributed by atoms with E-state index in [1.165, 1.54) is 49.7 Å². The smallest absolute Gasteiger partial charge is 0.339 e. The van der Waals surface area contributed by atoms with Gasteiger partial charge in [0.15, 0.2) is 0 Å². The fourth-order valence-electron chi connectivity index (χ4n) is 3.22. The Morgan fingerprint density at radius 3 is 2.50 bits per heavy atom. The molecule has 0 saturated carbocycles. The summed E-state index contributed by atoms with van der Waals surface area (Å²) in [6.45, 7) is 1.86. The second-order valence-corrected chi connectivity index (χ2v) is 9.98. The van der Waals surface area contributed by atoms with Crippen LogP contribution in [0, 0.1) is 16.3 Å². The lowest BCUT2D eigenvalue weighted by molar-refractivity contribution is 0.0602. The minimum Gasteiger partial charge on any atom is -0.465 e. The van der Waals surface area contributed by atoms with E-state index < -0.39 is 21.8 Å². The summed E-state index contributed by atoms with van der Waals surface area (Å²) >= 11 is 1.99. The molecule has 1 aromatic heterocycles. The number of esters is 1. The quantitative estimate of drug-likeness (QED) is 0.275. The molecular formula is C22H17FIN3O4S. The Morgan fingerprint density at radius 1 is 1.12 bits per heavy atom. The molecule has 1 N–H and O–H groups in total. The van der Waals surface area contributed by atoms with Crippen molar-refractivity contribution in [3.8, 4) is 0 Å². The zero-order valence-corrected chi connectivity index (χ0v) is 19.9. The number of carbonyl (C=O) groups is 1. The molecule has 7 nitrogen and oxygen atoms in total. The topological polar surface area (TPSA) is 90.3 Å². The van der Waals surface area contributed by atoms with E-state index in [1.807, 2.05) is 29.5 Å². The first-order valence-electron chi connectivity index (χ1n) is 9.36. The van der Waals surface area contributed by atoms with E-state index in [9.17, 15) is 17.6 Å². The third-order valence-electron chi connectivity index (χ3n) is 4.86. The number of fused-ring (bicyclic) bond motifs is 1. The summed E-state index contributed by atoms with van der Waals surface area (Å²) in [5.41, 5.74) is 1.58. The molecule has 0 spiro atoms. The van der Waals surface area contributed by atoms with Crippen LogP contribution in [0.2, 0.25) is 0 Å². The molecule has 3 aromatic carbocycles. The lowest BCUT2D eigenvalue weighted by atomic mass is 10.1. The largest absolute Gasteiger partial charge is 0.465 e. The molecule has 164 valence electrons. The van der Waals surface area contributed by atoms with E-state index >= 15 is 0 Å². The molecule has 0 unspecified atom stereocenters. The highest BCUT2D eigenvalue weighted by atomic mass is 127. The van der Waals surface area contributed by atoms with Gasteiger partial charge in [-0.05, 0) is 72.0 Å². The average molecular weight is 565 g/mol. The molecule has 1 heterocycles. The molecule has 0 aliphatic rings. The first-order chi connectivity index (χ1) is 15.2. The number of halogens is 2. The van der Waals surface area contributed by atoms with Crippen LogP contribution in [0.4, 0.5) is 15.8 Å². The van der Waals surface area contributed by atoms with Crippen molar-refractivity contribution in [2.75, 3.05) is 12.4 Å². The van der Waals surface area contributed by atoms with Crippen molar-refractivity contribution in [1.29, 1.82) is 0 Å². The number of nitrogens with zero attached hydrogens (tertiary/aromatic N) is 2. The Labute approximate surface area is 197 Å². The molecule has 0 saturated heterocycles. The summed E-state index contributed by atoms with van der Waals surface area (Å²) < 4.78 is 47.3. The summed E-state index contributed by atoms with van der Waals surface area (Å²) in [6.07, 6.45) is 1.32. The Balaban J connectivity index is 1.91. The highest BCUT2D eigenvalue weighted by Gasteiger charge is 2.24. The van der Waals surface area contributed by atoms with Crippen LogP contribution in [0.25, 0.3) is 10.9 Å². The van der Waals surface area contributed by atoms with Crippen LogP contribution in [0.5, 0.6) is 0 Å². The van der Waals surface area contributed by atoms with Gasteiger partial charge in [0.1, 0.15) is 5.82 Å². The molecule has 4 rings (SSSR count). The number of hydrogen-bond acceptors (Lipinski definition) is 6. The summed E-state index contributed by atoms with van der Waals surface area (Å²) in [5.74, 6) is -1.18. The summed E-state index contributed by atoms with van der Waals surface area (Å²) in [5, 5.41) is 7.30. The number of ether oxygens (including phenoxy) is 1. The van der Waals surface area contributed by atoms with Crippen LogP contribution in [-0.2, 0) is 14.8 Å². The zero-order chi connectivity index (χ0) is 23.0. The molecule has 0 radical (unpaired) electrons. The van der Waals surface area contributed by atoms with Gasteiger partial charge >= 0.3 is 5.97 Å². The van der Waals surface area contributed by atoms with Gasteiger partial charge < -0.3 is 10.1 Å². The predicted octanol–water partition coefficient (Wildman–Crippen LogP) is 4.86. The van der Waals surface area contributed by atoms with E-state index in [0.29, 0.717) is 8.96 Å². The molecule has 32 heavy (non-hydrogen) atoms. The summed E-state index contributed by atoms with van der Waals surface area (Å²) in [7, 11) is -2.77. The third-order valence-corrected chi connectivity index (χ3v) is 7.15. The van der Waals surface area contributed by atoms with E-state index in [2.05, 4.69) is 10.4 Å². The zero-order valence-electron chi connectivity index (χ0n) is 17.0. The van der Waals surface area contributed by atoms with Gasteiger partial charge in [-0.2, -0.15) is 17.6 Å². The second-order valence-electron chi connectivity index (χ2n) is 6.97. The number of hydrogen-bond donors (Lipinski definition) is 1. The molecule has 0 atom stereocenters. The second kappa shape index (κ2) is 8.51. The third kappa shape index (κ3) is 3.95. The van der Waals surface area contributed by atoms with Crippen molar-refractivity contribution < 1.29 is 22.3 Å². The van der Waals surface area contributed by atoms with Gasteiger partial charge in [-0.15, -0.1) is 0 Å². The first-order valence-corrected chi connectivity index (χ1v) is 11.9. The molecule has 0 aliphatic heterocycles. The van der Waals surface area contributed by atoms with Crippen LogP contribution in [-0.4, -0.2) is 30.7 Å². The number of carbonyl (C=O) groups excluding carboxylic acids is 1. The van der Waals surface area contributed by atoms with Crippen molar-refractivity contribution in [2.45, 2.75) is 11.8 Å². The van der Waals surface area contributed by atoms with Crippen LogP contribution in [0.15, 0.2) is 65.7 Å². The maximum absolute atomic E-state index is 14.5. The highest BCUT2D eigenvalue weighted by molar-refractivity contribution is 14.1. The van der Waals surface area contributed by atoms with E-state index in [4.69, 9.17) is 4.74 Å². The van der Waals surface area contributed by atoms with Crippen LogP contribution in [0.1, 0.15) is 15.9 Å². The number of anilines is 2. The van der Waals surface area contributed by atoms with Crippen LogP contribution < -0.4 is 5.32 Å². The number of nitrogens with one attached hydrogen (secondary N) is 1. The first kappa shape index (κ1) is 22.2. The van der Waals surface area contributed by atoms with Crippen molar-refractivity contribution in [3.05, 3.63) is 81.3 Å². The van der Waals surface area contributed by atoms with Crippen molar-refractivity contribution in [2.24, 2.45) is 0 Å². The van der Waals surface area contributed by atoms with Crippen LogP contribution >= 0.6 is 22.6 Å². The van der Waals surface area contributed by atoms with E-state index in [1.54, 1.807) is 18.2 Å². The number of aryl methyl sites for hydroxylation is 1. The van der Waals surface area contributed by atoms with E-state index in [-0.39, 0.29) is 27.4 Å². The molecular weight excluding hydrogens is 548 g/mol. The van der Waals surface area contributed by atoms with Crippen LogP contribution in [0.3, 0.4) is 0 Å². The minimum atomic E-state index is -3.99. The summed E-state index contributed by atoms with van der Waals surface area (Å²) in [4.78, 5) is 12.4. The maximum Gasteiger partial charge on any atom is 0.339 e. The monoisotopic (exact) mass is 565 g/mol. The molecule has 0 bridgehead atoms. The van der Waals surface area contributed by atoms with Gasteiger partial charge in [0.2, 0.25) is 0 Å². The normalized spacial score (nSPS) is 11.5. The molecule has 0 amide bonds. The average Bonchev–Trinajstić information content (AvgIpc) is 3.21. The number of rotatable bonds is 5. The maximum atomic E-state index is 14.5. The molecule has 0 aliphatic carbocycles. The predicted molar refractivity (Wildman–Crippen MR) is 127 cm³/mol. The lowest BCUT2D eigenvalue weighted by Crippen LogP contribution is -2.14. The van der Waals surface area contributed by atoms with Crippen molar-refractivity contribution in [1.82, 2.24) is 9.19 Å². The SMILES string of the molecule is COC(=O)c1ccc2c(cnn2S(=O)(=O)c2ccc(C)cc2)c1Nc1ccc(I)cc1F. The Bertz CT molecular complexity index is 1450. The van der Waals surface area contributed by atoms with Gasteiger partial charge in [-0.3, -0.25) is 0 Å². The molecule has 4 aromatic rings. The minimum absolute atomic E-state index is 0.0725. The number of aromatic nitrogens is 2. The van der Waals surface area contributed by atoms with Crippen molar-refractivity contribution >= 4 is 60.9 Å². The Kier molecular flexibility index (Phi) is 5.91. The van der Waals surface area contributed by atoms with Gasteiger partial charge in [0, 0.05) is 8.96 Å². The molecule has 0 fully saturated rings. The van der Waals surface area contributed by atoms with Gasteiger partial charge in [-0.1, -0.05) is 17.7 Å². The van der Waals surface area contributed by atoms with Crippen molar-refractivity contribution in [3.63, 3.8) is 0 Å². The standard InChI is InChI=1S/C22H17FIN3O4S/c1-13-3-6-15(7-4-13)32(29,30)27-20-10-8-16(22(28)31-2)21(17(20)12-25-27)26-19-9-5-14(24)11-18(19)23/h3-12,26H,1-2H3. The fourth-order valence-corrected chi connectivity index (χ4v) is 4.94. The summed E-state index contributed by atoms with van der Waals surface area (Å²) in [6, 6.07) is 13.9.